The van der Waals surface area contributed by atoms with Crippen molar-refractivity contribution in [2.75, 3.05) is 17.9 Å². The van der Waals surface area contributed by atoms with Crippen LogP contribution in [0.15, 0.2) is 108 Å². The maximum Gasteiger partial charge on any atom is 0.264 e. The van der Waals surface area contributed by atoms with E-state index < -0.39 is 28.5 Å². The van der Waals surface area contributed by atoms with Gasteiger partial charge in [-0.15, -0.1) is 0 Å². The first-order valence-corrected chi connectivity index (χ1v) is 15.3. The van der Waals surface area contributed by atoms with Crippen LogP contribution in [0.4, 0.5) is 5.69 Å². The zero-order valence-electron chi connectivity index (χ0n) is 24.4. The van der Waals surface area contributed by atoms with Crippen LogP contribution in [0.3, 0.4) is 0 Å². The molecule has 0 bridgehead atoms. The lowest BCUT2D eigenvalue weighted by molar-refractivity contribution is -0.139. The molecule has 4 aromatic rings. The maximum absolute atomic E-state index is 14.3. The number of hydrogen-bond acceptors (Lipinski definition) is 4. The average molecular weight is 584 g/mol. The van der Waals surface area contributed by atoms with Gasteiger partial charge in [-0.2, -0.15) is 0 Å². The van der Waals surface area contributed by atoms with Crippen LogP contribution in [0, 0.1) is 20.8 Å². The van der Waals surface area contributed by atoms with E-state index in [1.54, 1.807) is 36.4 Å². The molecule has 0 saturated heterocycles. The number of hydrogen-bond donors (Lipinski definition) is 1. The van der Waals surface area contributed by atoms with Gasteiger partial charge in [0, 0.05) is 20.0 Å². The van der Waals surface area contributed by atoms with Crippen molar-refractivity contribution in [3.63, 3.8) is 0 Å². The predicted molar refractivity (Wildman–Crippen MR) is 167 cm³/mol. The van der Waals surface area contributed by atoms with Crippen molar-refractivity contribution < 1.29 is 18.0 Å². The van der Waals surface area contributed by atoms with E-state index in [1.165, 1.54) is 11.9 Å². The molecule has 42 heavy (non-hydrogen) atoms. The fourth-order valence-electron chi connectivity index (χ4n) is 4.80. The third-order valence-electron chi connectivity index (χ3n) is 7.16. The molecule has 0 spiro atoms. The SMILES string of the molecule is CNC(=O)[C@H](Cc1ccccc1)N(Cc1cccc(C)c1)C(=O)CN(c1ccc(C)cc1)S(=O)(=O)c1ccc(C)cc1. The second kappa shape index (κ2) is 13.5. The highest BCUT2D eigenvalue weighted by atomic mass is 32.2. The number of rotatable bonds is 11. The number of sulfonamides is 1. The van der Waals surface area contributed by atoms with E-state index >= 15 is 0 Å². The fraction of sp³-hybridized carbons (Fsp3) is 0.235. The van der Waals surface area contributed by atoms with Gasteiger partial charge in [0.05, 0.1) is 10.6 Å². The van der Waals surface area contributed by atoms with Crippen molar-refractivity contribution in [3.05, 3.63) is 131 Å². The lowest BCUT2D eigenvalue weighted by Gasteiger charge is -2.33. The smallest absolute Gasteiger partial charge is 0.264 e. The molecule has 0 aromatic heterocycles. The predicted octanol–water partition coefficient (Wildman–Crippen LogP) is 5.19. The summed E-state index contributed by atoms with van der Waals surface area (Å²) < 4.78 is 29.2. The maximum atomic E-state index is 14.3. The minimum absolute atomic E-state index is 0.0823. The van der Waals surface area contributed by atoms with Crippen molar-refractivity contribution in [3.8, 4) is 0 Å². The minimum Gasteiger partial charge on any atom is -0.357 e. The summed E-state index contributed by atoms with van der Waals surface area (Å²) in [4.78, 5) is 29.2. The number of nitrogens with zero attached hydrogens (tertiary/aromatic N) is 2. The van der Waals surface area contributed by atoms with Crippen LogP contribution >= 0.6 is 0 Å². The zero-order valence-corrected chi connectivity index (χ0v) is 25.3. The molecule has 0 saturated carbocycles. The normalized spacial score (nSPS) is 11.9. The molecule has 0 radical (unpaired) electrons. The van der Waals surface area contributed by atoms with E-state index in [0.717, 1.165) is 32.1 Å². The summed E-state index contributed by atoms with van der Waals surface area (Å²) in [7, 11) is -2.58. The molecule has 0 unspecified atom stereocenters. The summed E-state index contributed by atoms with van der Waals surface area (Å²) in [5, 5.41) is 2.71. The van der Waals surface area contributed by atoms with Crippen molar-refractivity contribution >= 4 is 27.5 Å². The quantitative estimate of drug-likeness (QED) is 0.263. The summed E-state index contributed by atoms with van der Waals surface area (Å²) >= 11 is 0. The molecule has 218 valence electrons. The first kappa shape index (κ1) is 30.5. The van der Waals surface area contributed by atoms with Gasteiger partial charge in [-0.05, 0) is 56.2 Å². The van der Waals surface area contributed by atoms with Gasteiger partial charge in [-0.25, -0.2) is 8.42 Å². The highest BCUT2D eigenvalue weighted by Crippen LogP contribution is 2.26. The summed E-state index contributed by atoms with van der Waals surface area (Å²) in [5.74, 6) is -0.819. The minimum atomic E-state index is -4.12. The third-order valence-corrected chi connectivity index (χ3v) is 8.95. The summed E-state index contributed by atoms with van der Waals surface area (Å²) in [6, 6.07) is 29.9. The van der Waals surface area contributed by atoms with Gasteiger partial charge >= 0.3 is 0 Å². The number of carbonyl (C=O) groups is 2. The highest BCUT2D eigenvalue weighted by molar-refractivity contribution is 7.92. The van der Waals surface area contributed by atoms with E-state index in [2.05, 4.69) is 5.32 Å². The van der Waals surface area contributed by atoms with E-state index in [1.807, 2.05) is 87.5 Å². The Bertz CT molecular complexity index is 1620. The van der Waals surface area contributed by atoms with Gasteiger partial charge in [0.25, 0.3) is 10.0 Å². The number of aryl methyl sites for hydroxylation is 3. The van der Waals surface area contributed by atoms with E-state index in [4.69, 9.17) is 0 Å². The average Bonchev–Trinajstić information content (AvgIpc) is 2.98. The van der Waals surface area contributed by atoms with Crippen LogP contribution in [0.25, 0.3) is 0 Å². The Labute approximate surface area is 248 Å². The molecule has 7 nitrogen and oxygen atoms in total. The fourth-order valence-corrected chi connectivity index (χ4v) is 6.22. The first-order valence-electron chi connectivity index (χ1n) is 13.8. The molecule has 0 fully saturated rings. The Balaban J connectivity index is 1.78. The largest absolute Gasteiger partial charge is 0.357 e. The molecule has 0 heterocycles. The van der Waals surface area contributed by atoms with Crippen LogP contribution in [0.2, 0.25) is 0 Å². The molecule has 0 aliphatic carbocycles. The lowest BCUT2D eigenvalue weighted by atomic mass is 10.0. The Morgan fingerprint density at radius 2 is 1.33 bits per heavy atom. The molecule has 1 N–H and O–H groups in total. The summed E-state index contributed by atoms with van der Waals surface area (Å²) in [5.41, 5.74) is 4.99. The van der Waals surface area contributed by atoms with Crippen LogP contribution in [-0.2, 0) is 32.6 Å². The number of amides is 2. The van der Waals surface area contributed by atoms with Crippen LogP contribution < -0.4 is 9.62 Å². The molecule has 4 aromatic carbocycles. The van der Waals surface area contributed by atoms with Crippen molar-refractivity contribution in [2.24, 2.45) is 0 Å². The number of nitrogens with one attached hydrogen (secondary N) is 1. The van der Waals surface area contributed by atoms with Gasteiger partial charge in [0.1, 0.15) is 12.6 Å². The number of anilines is 1. The van der Waals surface area contributed by atoms with Gasteiger partial charge in [-0.1, -0.05) is 95.6 Å². The van der Waals surface area contributed by atoms with Crippen LogP contribution in [-0.4, -0.2) is 44.8 Å². The standard InChI is InChI=1S/C34H37N3O4S/c1-25-13-17-30(18-14-25)37(42(40,41)31-19-15-26(2)16-20-31)24-33(38)36(23-29-12-8-9-27(3)21-29)32(34(39)35-4)22-28-10-6-5-7-11-28/h5-21,32H,22-24H2,1-4H3,(H,35,39)/t32-/m0/s1. The molecule has 2 amide bonds. The lowest BCUT2D eigenvalue weighted by Crippen LogP contribution is -2.53. The van der Waals surface area contributed by atoms with Gasteiger partial charge in [0.2, 0.25) is 11.8 Å². The summed E-state index contributed by atoms with van der Waals surface area (Å²) in [6.45, 7) is 5.41. The Hall–Kier alpha value is -4.43. The van der Waals surface area contributed by atoms with Crippen molar-refractivity contribution in [1.82, 2.24) is 10.2 Å². The Kier molecular flexibility index (Phi) is 9.80. The van der Waals surface area contributed by atoms with E-state index in [-0.39, 0.29) is 23.8 Å². The molecule has 1 atom stereocenters. The molecule has 0 aliphatic rings. The van der Waals surface area contributed by atoms with Gasteiger partial charge < -0.3 is 10.2 Å². The van der Waals surface area contributed by atoms with Crippen molar-refractivity contribution in [2.45, 2.75) is 44.7 Å². The molecule has 0 aliphatic heterocycles. The molecule has 8 heteroatoms. The third kappa shape index (κ3) is 7.44. The second-order valence-electron chi connectivity index (χ2n) is 10.5. The van der Waals surface area contributed by atoms with Crippen LogP contribution in [0.1, 0.15) is 27.8 Å². The van der Waals surface area contributed by atoms with Gasteiger partial charge in [0.15, 0.2) is 0 Å². The van der Waals surface area contributed by atoms with E-state index in [9.17, 15) is 18.0 Å². The van der Waals surface area contributed by atoms with Crippen LogP contribution in [0.5, 0.6) is 0 Å². The Morgan fingerprint density at radius 1 is 0.738 bits per heavy atom. The molecule has 4 rings (SSSR count). The topological polar surface area (TPSA) is 86.8 Å². The highest BCUT2D eigenvalue weighted by Gasteiger charge is 2.34. The monoisotopic (exact) mass is 583 g/mol. The van der Waals surface area contributed by atoms with Crippen molar-refractivity contribution in [1.29, 1.82) is 0 Å². The zero-order chi connectivity index (χ0) is 30.3. The number of carbonyl (C=O) groups excluding carboxylic acids is 2. The Morgan fingerprint density at radius 3 is 1.93 bits per heavy atom. The molecular formula is C34H37N3O4S. The first-order chi connectivity index (χ1) is 20.1. The van der Waals surface area contributed by atoms with E-state index in [0.29, 0.717) is 5.69 Å². The summed E-state index contributed by atoms with van der Waals surface area (Å²) in [6.07, 6.45) is 0.271. The molecular weight excluding hydrogens is 546 g/mol. The number of likely N-dealkylation sites (N-methyl/N-ethyl adjacent to an activating group) is 1. The number of benzene rings is 4. The van der Waals surface area contributed by atoms with Gasteiger partial charge in [-0.3, -0.25) is 13.9 Å². The second-order valence-corrected chi connectivity index (χ2v) is 12.4.